The fourth-order valence-electron chi connectivity index (χ4n) is 3.41. The average molecular weight is 322 g/mol. The van der Waals surface area contributed by atoms with Crippen molar-refractivity contribution in [3.63, 3.8) is 0 Å². The topological polar surface area (TPSA) is 73.0 Å². The average Bonchev–Trinajstić information content (AvgIpc) is 2.62. The third-order valence-electron chi connectivity index (χ3n) is 4.83. The third-order valence-corrected chi connectivity index (χ3v) is 4.83. The van der Waals surface area contributed by atoms with Gasteiger partial charge in [0.25, 0.3) is 0 Å². The number of pyridine rings is 2. The normalized spacial score (nSPS) is 16.7. The lowest BCUT2D eigenvalue weighted by molar-refractivity contribution is 0.0925. The first-order chi connectivity index (χ1) is 11.6. The Hall–Kier alpha value is -2.45. The minimum atomic E-state index is -0.460. The summed E-state index contributed by atoms with van der Waals surface area (Å²) in [5.74, 6) is 1.17. The Morgan fingerprint density at radius 2 is 2.08 bits per heavy atom. The molecule has 1 N–H and O–H groups in total. The van der Waals surface area contributed by atoms with Gasteiger partial charge in [-0.3, -0.25) is 4.98 Å². The molecule has 1 atom stereocenters. The van der Waals surface area contributed by atoms with Gasteiger partial charge in [0.2, 0.25) is 0 Å². The van der Waals surface area contributed by atoms with Crippen molar-refractivity contribution in [2.24, 2.45) is 5.92 Å². The van der Waals surface area contributed by atoms with Crippen LogP contribution in [0.25, 0.3) is 0 Å². The molecule has 0 aliphatic carbocycles. The van der Waals surface area contributed by atoms with E-state index < -0.39 is 6.10 Å². The number of aromatic nitrogens is 2. The van der Waals surface area contributed by atoms with Crippen LogP contribution in [0.3, 0.4) is 0 Å². The molecule has 24 heavy (non-hydrogen) atoms. The summed E-state index contributed by atoms with van der Waals surface area (Å²) in [5.41, 5.74) is 3.31. The number of aryl methyl sites for hydroxylation is 2. The molecular formula is C19H22N4O. The Labute approximate surface area is 142 Å². The summed E-state index contributed by atoms with van der Waals surface area (Å²) < 4.78 is 0. The summed E-state index contributed by atoms with van der Waals surface area (Å²) in [6, 6.07) is 7.99. The van der Waals surface area contributed by atoms with E-state index in [4.69, 9.17) is 5.26 Å². The van der Waals surface area contributed by atoms with Crippen molar-refractivity contribution < 1.29 is 5.11 Å². The zero-order valence-corrected chi connectivity index (χ0v) is 14.1. The SMILES string of the molecule is Cc1cc(N2CCC(C(O)c3cccnc3)CC2)nc(C)c1C#N. The lowest BCUT2D eigenvalue weighted by Gasteiger charge is -2.35. The van der Waals surface area contributed by atoms with Crippen molar-refractivity contribution >= 4 is 5.82 Å². The molecule has 0 spiro atoms. The van der Waals surface area contributed by atoms with Gasteiger partial charge in [0.05, 0.1) is 17.4 Å². The van der Waals surface area contributed by atoms with Crippen LogP contribution in [0.4, 0.5) is 5.82 Å². The van der Waals surface area contributed by atoms with E-state index in [9.17, 15) is 5.11 Å². The van der Waals surface area contributed by atoms with Gasteiger partial charge >= 0.3 is 0 Å². The highest BCUT2D eigenvalue weighted by molar-refractivity contribution is 5.50. The number of rotatable bonds is 3. The molecule has 0 amide bonds. The van der Waals surface area contributed by atoms with Crippen molar-refractivity contribution in [2.75, 3.05) is 18.0 Å². The molecule has 2 aromatic rings. The van der Waals surface area contributed by atoms with Gasteiger partial charge in [-0.2, -0.15) is 5.26 Å². The van der Waals surface area contributed by atoms with E-state index in [0.29, 0.717) is 5.56 Å². The molecule has 1 aliphatic heterocycles. The second kappa shape index (κ2) is 6.98. The highest BCUT2D eigenvalue weighted by Gasteiger charge is 2.27. The molecule has 0 bridgehead atoms. The van der Waals surface area contributed by atoms with E-state index in [1.165, 1.54) is 0 Å². The van der Waals surface area contributed by atoms with Crippen LogP contribution in [-0.2, 0) is 0 Å². The minimum absolute atomic E-state index is 0.242. The summed E-state index contributed by atoms with van der Waals surface area (Å²) in [4.78, 5) is 10.9. The first-order valence-corrected chi connectivity index (χ1v) is 8.31. The maximum absolute atomic E-state index is 10.5. The highest BCUT2D eigenvalue weighted by Crippen LogP contribution is 2.32. The van der Waals surface area contributed by atoms with Crippen LogP contribution in [0.5, 0.6) is 0 Å². The largest absolute Gasteiger partial charge is 0.388 e. The van der Waals surface area contributed by atoms with E-state index in [0.717, 1.165) is 48.6 Å². The van der Waals surface area contributed by atoms with Gasteiger partial charge in [0.15, 0.2) is 0 Å². The van der Waals surface area contributed by atoms with Crippen LogP contribution in [0.1, 0.15) is 41.3 Å². The monoisotopic (exact) mass is 322 g/mol. The molecule has 0 radical (unpaired) electrons. The highest BCUT2D eigenvalue weighted by atomic mass is 16.3. The van der Waals surface area contributed by atoms with Gasteiger partial charge in [-0.25, -0.2) is 4.98 Å². The third kappa shape index (κ3) is 3.24. The first-order valence-electron chi connectivity index (χ1n) is 8.31. The smallest absolute Gasteiger partial charge is 0.129 e. The molecular weight excluding hydrogens is 300 g/mol. The predicted octanol–water partition coefficient (Wildman–Crippen LogP) is 2.92. The molecule has 2 aromatic heterocycles. The summed E-state index contributed by atoms with van der Waals surface area (Å²) in [7, 11) is 0. The van der Waals surface area contributed by atoms with Crippen LogP contribution < -0.4 is 4.90 Å². The zero-order valence-electron chi connectivity index (χ0n) is 14.1. The number of anilines is 1. The second-order valence-electron chi connectivity index (χ2n) is 6.43. The van der Waals surface area contributed by atoms with E-state index in [2.05, 4.69) is 20.9 Å². The number of hydrogen-bond donors (Lipinski definition) is 1. The molecule has 5 heteroatoms. The molecule has 1 unspecified atom stereocenters. The van der Waals surface area contributed by atoms with Crippen LogP contribution in [-0.4, -0.2) is 28.2 Å². The van der Waals surface area contributed by atoms with Crippen molar-refractivity contribution in [1.82, 2.24) is 9.97 Å². The number of hydrogen-bond acceptors (Lipinski definition) is 5. The minimum Gasteiger partial charge on any atom is -0.388 e. The van der Waals surface area contributed by atoms with Gasteiger partial charge in [-0.05, 0) is 55.9 Å². The standard InChI is InChI=1S/C19H22N4O/c1-13-10-18(22-14(2)17(13)11-20)23-8-5-15(6-9-23)19(24)16-4-3-7-21-12-16/h3-4,7,10,12,15,19,24H,5-6,8-9H2,1-2H3. The zero-order chi connectivity index (χ0) is 17.1. The Balaban J connectivity index is 1.68. The van der Waals surface area contributed by atoms with Crippen molar-refractivity contribution in [2.45, 2.75) is 32.8 Å². The second-order valence-corrected chi connectivity index (χ2v) is 6.43. The van der Waals surface area contributed by atoms with Gasteiger partial charge in [-0.15, -0.1) is 0 Å². The summed E-state index contributed by atoms with van der Waals surface area (Å²) in [5, 5.41) is 19.7. The van der Waals surface area contributed by atoms with Crippen molar-refractivity contribution in [3.05, 3.63) is 53.0 Å². The fraction of sp³-hybridized carbons (Fsp3) is 0.421. The lowest BCUT2D eigenvalue weighted by atomic mass is 9.88. The van der Waals surface area contributed by atoms with Gasteiger partial charge in [0, 0.05) is 25.5 Å². The Morgan fingerprint density at radius 1 is 1.33 bits per heavy atom. The van der Waals surface area contributed by atoms with Gasteiger partial charge in [-0.1, -0.05) is 6.07 Å². The van der Waals surface area contributed by atoms with Crippen molar-refractivity contribution in [1.29, 1.82) is 5.26 Å². The quantitative estimate of drug-likeness (QED) is 0.940. The molecule has 1 saturated heterocycles. The number of nitriles is 1. The van der Waals surface area contributed by atoms with Crippen LogP contribution in [0, 0.1) is 31.1 Å². The Bertz CT molecular complexity index is 723. The van der Waals surface area contributed by atoms with Crippen LogP contribution >= 0.6 is 0 Å². The molecule has 0 aromatic carbocycles. The molecule has 3 rings (SSSR count). The molecule has 3 heterocycles. The van der Waals surface area contributed by atoms with E-state index in [-0.39, 0.29) is 5.92 Å². The summed E-state index contributed by atoms with van der Waals surface area (Å²) in [6.07, 6.45) is 4.83. The number of piperidine rings is 1. The molecule has 1 aliphatic rings. The Kier molecular flexibility index (Phi) is 4.77. The van der Waals surface area contributed by atoms with E-state index in [1.807, 2.05) is 32.0 Å². The maximum Gasteiger partial charge on any atom is 0.129 e. The molecule has 124 valence electrons. The van der Waals surface area contributed by atoms with Crippen LogP contribution in [0.15, 0.2) is 30.6 Å². The molecule has 5 nitrogen and oxygen atoms in total. The predicted molar refractivity (Wildman–Crippen MR) is 92.6 cm³/mol. The van der Waals surface area contributed by atoms with E-state index >= 15 is 0 Å². The van der Waals surface area contributed by atoms with Gasteiger partial charge in [0.1, 0.15) is 11.9 Å². The lowest BCUT2D eigenvalue weighted by Crippen LogP contribution is -2.36. The summed E-state index contributed by atoms with van der Waals surface area (Å²) >= 11 is 0. The first kappa shape index (κ1) is 16.4. The van der Waals surface area contributed by atoms with Crippen LogP contribution in [0.2, 0.25) is 0 Å². The fourth-order valence-corrected chi connectivity index (χ4v) is 3.41. The Morgan fingerprint density at radius 3 is 2.67 bits per heavy atom. The molecule has 0 saturated carbocycles. The number of aliphatic hydroxyl groups excluding tert-OH is 1. The molecule has 1 fully saturated rings. The number of aliphatic hydroxyl groups is 1. The van der Waals surface area contributed by atoms with E-state index in [1.54, 1.807) is 12.4 Å². The number of nitrogens with zero attached hydrogens (tertiary/aromatic N) is 4. The van der Waals surface area contributed by atoms with Gasteiger partial charge < -0.3 is 10.0 Å². The van der Waals surface area contributed by atoms with Crippen molar-refractivity contribution in [3.8, 4) is 6.07 Å². The maximum atomic E-state index is 10.5. The summed E-state index contributed by atoms with van der Waals surface area (Å²) in [6.45, 7) is 5.56.